The third-order valence-electron chi connectivity index (χ3n) is 4.35. The Morgan fingerprint density at radius 2 is 2.17 bits per heavy atom. The number of hydrogen-bond donors (Lipinski definition) is 1. The van der Waals surface area contributed by atoms with Crippen LogP contribution in [0.15, 0.2) is 48.9 Å². The highest BCUT2D eigenvalue weighted by Crippen LogP contribution is 2.30. The summed E-state index contributed by atoms with van der Waals surface area (Å²) in [7, 11) is 0. The minimum Gasteiger partial charge on any atom is -0.347 e. The molecule has 0 aliphatic heterocycles. The molecule has 1 aromatic carbocycles. The van der Waals surface area contributed by atoms with Crippen LogP contribution >= 0.6 is 11.6 Å². The summed E-state index contributed by atoms with van der Waals surface area (Å²) < 4.78 is 2.32. The molecule has 2 aromatic heterocycles. The van der Waals surface area contributed by atoms with E-state index < -0.39 is 0 Å². The van der Waals surface area contributed by atoms with Crippen LogP contribution in [0.5, 0.6) is 0 Å². The Labute approximate surface area is 142 Å². The number of pyridine rings is 1. The maximum absolute atomic E-state index is 6.18. The van der Waals surface area contributed by atoms with Crippen LogP contribution in [0.1, 0.15) is 30.4 Å². The van der Waals surface area contributed by atoms with Gasteiger partial charge < -0.3 is 10.3 Å². The van der Waals surface area contributed by atoms with E-state index in [-0.39, 0.29) is 0 Å². The number of benzene rings is 1. The fraction of sp³-hybridized carbons (Fsp3) is 0.316. The Morgan fingerprint density at radius 1 is 1.30 bits per heavy atom. The van der Waals surface area contributed by atoms with Gasteiger partial charge in [0.05, 0.1) is 0 Å². The summed E-state index contributed by atoms with van der Waals surface area (Å²) in [4.78, 5) is 4.17. The van der Waals surface area contributed by atoms with E-state index in [9.17, 15) is 0 Å². The van der Waals surface area contributed by atoms with Crippen molar-refractivity contribution >= 4 is 22.5 Å². The number of nitrogens with zero attached hydrogens (tertiary/aromatic N) is 2. The Balaban J connectivity index is 1.83. The van der Waals surface area contributed by atoms with Gasteiger partial charge in [0.2, 0.25) is 0 Å². The fourth-order valence-corrected chi connectivity index (χ4v) is 3.17. The van der Waals surface area contributed by atoms with Crippen molar-refractivity contribution in [1.82, 2.24) is 9.55 Å². The number of rotatable bonds is 6. The number of nitrogens with two attached hydrogens (primary N) is 1. The monoisotopic (exact) mass is 327 g/mol. The fourth-order valence-electron chi connectivity index (χ4n) is 3.00. The highest BCUT2D eigenvalue weighted by Gasteiger charge is 2.13. The summed E-state index contributed by atoms with van der Waals surface area (Å²) in [5.74, 6) is 0.329. The van der Waals surface area contributed by atoms with E-state index in [1.54, 1.807) is 0 Å². The molecule has 0 aliphatic carbocycles. The highest BCUT2D eigenvalue weighted by atomic mass is 35.5. The van der Waals surface area contributed by atoms with Crippen LogP contribution in [0, 0.1) is 0 Å². The van der Waals surface area contributed by atoms with Crippen LogP contribution in [0.3, 0.4) is 0 Å². The normalized spacial score (nSPS) is 12.7. The molecule has 0 aliphatic rings. The van der Waals surface area contributed by atoms with Gasteiger partial charge in [0.1, 0.15) is 0 Å². The largest absolute Gasteiger partial charge is 0.347 e. The van der Waals surface area contributed by atoms with E-state index in [2.05, 4.69) is 40.9 Å². The van der Waals surface area contributed by atoms with Crippen LogP contribution < -0.4 is 5.73 Å². The van der Waals surface area contributed by atoms with Gasteiger partial charge in [-0.15, -0.1) is 0 Å². The van der Waals surface area contributed by atoms with Crippen molar-refractivity contribution in [2.75, 3.05) is 6.54 Å². The van der Waals surface area contributed by atoms with Gasteiger partial charge in [0.15, 0.2) is 0 Å². The summed E-state index contributed by atoms with van der Waals surface area (Å²) in [6, 6.07) is 10.2. The van der Waals surface area contributed by atoms with Gasteiger partial charge in [-0.1, -0.05) is 24.6 Å². The molecule has 0 fully saturated rings. The second-order valence-corrected chi connectivity index (χ2v) is 6.48. The van der Waals surface area contributed by atoms with Crippen molar-refractivity contribution in [3.8, 4) is 0 Å². The summed E-state index contributed by atoms with van der Waals surface area (Å²) in [6.07, 6.45) is 8.10. The van der Waals surface area contributed by atoms with Crippen LogP contribution in [0.25, 0.3) is 10.9 Å². The second-order valence-electron chi connectivity index (χ2n) is 6.04. The predicted octanol–water partition coefficient (Wildman–Crippen LogP) is 4.38. The third kappa shape index (κ3) is 3.57. The number of fused-ring (bicyclic) bond motifs is 1. The lowest BCUT2D eigenvalue weighted by molar-refractivity contribution is 0.655. The van der Waals surface area contributed by atoms with Crippen molar-refractivity contribution < 1.29 is 0 Å². The molecule has 0 saturated carbocycles. The molecule has 2 N–H and O–H groups in total. The molecule has 3 nitrogen and oxygen atoms in total. The molecule has 3 aromatic rings. The Bertz CT molecular complexity index is 780. The topological polar surface area (TPSA) is 43.8 Å². The van der Waals surface area contributed by atoms with Crippen LogP contribution in [-0.2, 0) is 13.0 Å². The molecule has 0 amide bonds. The zero-order valence-corrected chi connectivity index (χ0v) is 14.1. The molecule has 4 heteroatoms. The molecule has 1 atom stereocenters. The van der Waals surface area contributed by atoms with Gasteiger partial charge in [-0.05, 0) is 60.7 Å². The molecule has 2 heterocycles. The van der Waals surface area contributed by atoms with Crippen molar-refractivity contribution in [2.24, 2.45) is 5.73 Å². The first-order chi connectivity index (χ1) is 11.2. The van der Waals surface area contributed by atoms with Crippen molar-refractivity contribution in [3.63, 3.8) is 0 Å². The zero-order valence-electron chi connectivity index (χ0n) is 13.4. The number of aryl methyl sites for hydroxylation is 2. The smallest absolute Gasteiger partial charge is 0.0484 e. The number of hydrogen-bond acceptors (Lipinski definition) is 2. The van der Waals surface area contributed by atoms with Crippen LogP contribution in [-0.4, -0.2) is 16.1 Å². The second kappa shape index (κ2) is 7.16. The molecule has 120 valence electrons. The first-order valence-electron chi connectivity index (χ1n) is 8.06. The maximum atomic E-state index is 6.18. The lowest BCUT2D eigenvalue weighted by atomic mass is 10.0. The van der Waals surface area contributed by atoms with Crippen molar-refractivity contribution in [2.45, 2.75) is 32.2 Å². The molecule has 3 rings (SSSR count). The summed E-state index contributed by atoms with van der Waals surface area (Å²) in [5, 5.41) is 1.99. The zero-order chi connectivity index (χ0) is 16.2. The van der Waals surface area contributed by atoms with E-state index in [4.69, 9.17) is 17.3 Å². The predicted molar refractivity (Wildman–Crippen MR) is 97.0 cm³/mol. The first kappa shape index (κ1) is 16.0. The third-order valence-corrected chi connectivity index (χ3v) is 4.58. The van der Waals surface area contributed by atoms with Gasteiger partial charge in [0.25, 0.3) is 0 Å². The average Bonchev–Trinajstić information content (AvgIpc) is 2.93. The summed E-state index contributed by atoms with van der Waals surface area (Å²) in [6.45, 7) is 3.78. The van der Waals surface area contributed by atoms with E-state index in [0.717, 1.165) is 24.4 Å². The Hall–Kier alpha value is -1.84. The average molecular weight is 328 g/mol. The number of aromatic nitrogens is 2. The molecule has 0 saturated heterocycles. The van der Waals surface area contributed by atoms with Gasteiger partial charge in [0, 0.05) is 41.1 Å². The van der Waals surface area contributed by atoms with Gasteiger partial charge in [-0.3, -0.25) is 4.98 Å². The lowest BCUT2D eigenvalue weighted by Crippen LogP contribution is -2.08. The minimum atomic E-state index is 0.329. The summed E-state index contributed by atoms with van der Waals surface area (Å²) in [5.41, 5.74) is 9.67. The van der Waals surface area contributed by atoms with E-state index >= 15 is 0 Å². The van der Waals surface area contributed by atoms with Gasteiger partial charge in [-0.2, -0.15) is 0 Å². The Kier molecular flexibility index (Phi) is 4.99. The molecule has 0 spiro atoms. The SMILES string of the molecule is CC(CN)c1cn(CCCc2cccnc2)c2ccc(Cl)cc12. The Morgan fingerprint density at radius 3 is 2.91 bits per heavy atom. The molecule has 1 unspecified atom stereocenters. The van der Waals surface area contributed by atoms with Crippen molar-refractivity contribution in [1.29, 1.82) is 0 Å². The van der Waals surface area contributed by atoms with E-state index in [1.807, 2.05) is 24.5 Å². The van der Waals surface area contributed by atoms with Crippen molar-refractivity contribution in [3.05, 3.63) is 65.1 Å². The highest BCUT2D eigenvalue weighted by molar-refractivity contribution is 6.31. The quantitative estimate of drug-likeness (QED) is 0.730. The first-order valence-corrected chi connectivity index (χ1v) is 8.44. The van der Waals surface area contributed by atoms with E-state index in [0.29, 0.717) is 12.5 Å². The minimum absolute atomic E-state index is 0.329. The molecule has 0 bridgehead atoms. The van der Waals surface area contributed by atoms with Gasteiger partial charge in [-0.25, -0.2) is 0 Å². The summed E-state index contributed by atoms with van der Waals surface area (Å²) >= 11 is 6.18. The molecular weight excluding hydrogens is 306 g/mol. The standard InChI is InChI=1S/C19H22ClN3/c1-14(11-21)18-13-23(19-7-6-16(20)10-17(18)19)9-3-5-15-4-2-8-22-12-15/h2,4,6-8,10,12-14H,3,5,9,11,21H2,1H3. The maximum Gasteiger partial charge on any atom is 0.0484 e. The van der Waals surface area contributed by atoms with Crippen LogP contribution in [0.4, 0.5) is 0 Å². The number of halogens is 1. The van der Waals surface area contributed by atoms with Gasteiger partial charge >= 0.3 is 0 Å². The molecular formula is C19H22ClN3. The molecule has 23 heavy (non-hydrogen) atoms. The van der Waals surface area contributed by atoms with E-state index in [1.165, 1.54) is 22.0 Å². The lowest BCUT2D eigenvalue weighted by Gasteiger charge is -2.06. The van der Waals surface area contributed by atoms with Crippen LogP contribution in [0.2, 0.25) is 5.02 Å². The molecule has 0 radical (unpaired) electrons.